The highest BCUT2D eigenvalue weighted by Crippen LogP contribution is 2.37. The second kappa shape index (κ2) is 6.96. The third-order valence-electron chi connectivity index (χ3n) is 4.39. The number of fused-ring (bicyclic) bond motifs is 1. The van der Waals surface area contributed by atoms with Crippen LogP contribution in [-0.4, -0.2) is 23.9 Å². The van der Waals surface area contributed by atoms with Gasteiger partial charge in [0.05, 0.1) is 11.8 Å². The molecule has 0 aromatic heterocycles. The van der Waals surface area contributed by atoms with Gasteiger partial charge >= 0.3 is 6.36 Å². The molecular weight excluding hydrogens is 375 g/mol. The Hall–Kier alpha value is -3.41. The van der Waals surface area contributed by atoms with E-state index in [1.165, 1.54) is 19.1 Å². The average molecular weight is 391 g/mol. The van der Waals surface area contributed by atoms with E-state index in [-0.39, 0.29) is 5.56 Å². The minimum Gasteiger partial charge on any atom is -0.484 e. The van der Waals surface area contributed by atoms with Crippen LogP contribution in [0.25, 0.3) is 0 Å². The van der Waals surface area contributed by atoms with Crippen LogP contribution in [0.4, 0.5) is 18.9 Å². The van der Waals surface area contributed by atoms with Crippen molar-refractivity contribution < 1.29 is 27.4 Å². The van der Waals surface area contributed by atoms with Gasteiger partial charge in [-0.15, -0.1) is 13.2 Å². The van der Waals surface area contributed by atoms with Crippen molar-refractivity contribution in [2.75, 3.05) is 5.73 Å². The molecule has 0 saturated heterocycles. The molecule has 0 saturated carbocycles. The summed E-state index contributed by atoms with van der Waals surface area (Å²) in [6, 6.07) is 11.7. The number of halogens is 3. The van der Waals surface area contributed by atoms with Crippen molar-refractivity contribution in [1.82, 2.24) is 5.32 Å². The van der Waals surface area contributed by atoms with Crippen LogP contribution in [-0.2, 0) is 6.42 Å². The van der Waals surface area contributed by atoms with Crippen molar-refractivity contribution in [3.8, 4) is 17.6 Å². The molecule has 1 aliphatic heterocycles. The number of nitrogens with one attached hydrogen (secondary N) is 1. The van der Waals surface area contributed by atoms with Crippen LogP contribution in [0.1, 0.15) is 22.8 Å². The largest absolute Gasteiger partial charge is 0.573 e. The number of carbonyl (C=O) groups excluding carboxylic acids is 1. The first kappa shape index (κ1) is 19.4. The molecule has 1 amide bonds. The van der Waals surface area contributed by atoms with Gasteiger partial charge in [0.1, 0.15) is 17.6 Å². The second-order valence-electron chi connectivity index (χ2n) is 6.49. The Morgan fingerprint density at radius 2 is 1.96 bits per heavy atom. The molecule has 9 heteroatoms. The summed E-state index contributed by atoms with van der Waals surface area (Å²) >= 11 is 0. The lowest BCUT2D eigenvalue weighted by molar-refractivity contribution is -0.274. The summed E-state index contributed by atoms with van der Waals surface area (Å²) in [7, 11) is 0. The Balaban J connectivity index is 1.73. The molecule has 1 aliphatic rings. The van der Waals surface area contributed by atoms with Gasteiger partial charge in [-0.05, 0) is 37.3 Å². The van der Waals surface area contributed by atoms with Crippen LogP contribution in [0.2, 0.25) is 0 Å². The maximum absolute atomic E-state index is 12.5. The smallest absolute Gasteiger partial charge is 0.484 e. The van der Waals surface area contributed by atoms with E-state index in [0.29, 0.717) is 17.9 Å². The quantitative estimate of drug-likeness (QED) is 0.781. The molecule has 0 spiro atoms. The molecule has 6 nitrogen and oxygen atoms in total. The zero-order valence-corrected chi connectivity index (χ0v) is 14.7. The molecule has 2 unspecified atom stereocenters. The third-order valence-corrected chi connectivity index (χ3v) is 4.39. The fraction of sp³-hybridized carbons (Fsp3) is 0.263. The number of alkyl halides is 3. The number of nitrogens with zero attached hydrogens (tertiary/aromatic N) is 1. The lowest BCUT2D eigenvalue weighted by Gasteiger charge is -2.29. The molecule has 2 aromatic rings. The molecule has 1 heterocycles. The van der Waals surface area contributed by atoms with Gasteiger partial charge < -0.3 is 20.5 Å². The van der Waals surface area contributed by atoms with Crippen LogP contribution in [0, 0.1) is 11.3 Å². The number of hydrogen-bond acceptors (Lipinski definition) is 5. The lowest BCUT2D eigenvalue weighted by Crippen LogP contribution is -2.55. The van der Waals surface area contributed by atoms with Gasteiger partial charge in [0.25, 0.3) is 5.91 Å². The van der Waals surface area contributed by atoms with Gasteiger partial charge in [0.15, 0.2) is 5.54 Å². The number of nitriles is 1. The predicted octanol–water partition coefficient (Wildman–Crippen LogP) is 3.18. The zero-order chi connectivity index (χ0) is 20.5. The van der Waals surface area contributed by atoms with Gasteiger partial charge in [-0.2, -0.15) is 5.26 Å². The second-order valence-corrected chi connectivity index (χ2v) is 6.49. The van der Waals surface area contributed by atoms with Crippen molar-refractivity contribution in [3.63, 3.8) is 0 Å². The molecule has 3 N–H and O–H groups in total. The number of rotatable bonds is 4. The molecule has 3 rings (SSSR count). The predicted molar refractivity (Wildman–Crippen MR) is 93.6 cm³/mol. The van der Waals surface area contributed by atoms with E-state index >= 15 is 0 Å². The van der Waals surface area contributed by atoms with Crippen LogP contribution in [0.15, 0.2) is 42.5 Å². The number of para-hydroxylation sites is 1. The summed E-state index contributed by atoms with van der Waals surface area (Å²) < 4.78 is 46.2. The normalized spacial score (nSPS) is 17.6. The maximum atomic E-state index is 12.5. The van der Waals surface area contributed by atoms with E-state index in [1.807, 2.05) is 12.1 Å². The molecule has 0 bridgehead atoms. The highest BCUT2D eigenvalue weighted by molar-refractivity contribution is 5.95. The van der Waals surface area contributed by atoms with Crippen molar-refractivity contribution in [2.45, 2.75) is 31.3 Å². The standard InChI is InChI=1S/C19H16F3N3O3/c1-18(10-23,15-9-12-3-2-4-14(24)16(12)27-15)25-17(26)11-5-7-13(8-6-11)28-19(20,21)22/h2-8,15H,9,24H2,1H3,(H,25,26). The maximum Gasteiger partial charge on any atom is 0.573 e. The number of carbonyl (C=O) groups is 1. The fourth-order valence-electron chi connectivity index (χ4n) is 2.91. The van der Waals surface area contributed by atoms with Gasteiger partial charge in [-0.1, -0.05) is 12.1 Å². The van der Waals surface area contributed by atoms with Crippen molar-refractivity contribution in [2.24, 2.45) is 0 Å². The van der Waals surface area contributed by atoms with E-state index in [2.05, 4.69) is 10.1 Å². The molecule has 0 radical (unpaired) electrons. The number of nitrogens with two attached hydrogens (primary N) is 1. The van der Waals surface area contributed by atoms with Gasteiger partial charge in [0, 0.05) is 17.5 Å². The number of amides is 1. The third kappa shape index (κ3) is 3.96. The molecule has 2 aromatic carbocycles. The van der Waals surface area contributed by atoms with Crippen LogP contribution in [0.5, 0.6) is 11.5 Å². The van der Waals surface area contributed by atoms with E-state index in [9.17, 15) is 23.2 Å². The summed E-state index contributed by atoms with van der Waals surface area (Å²) in [5.74, 6) is -0.593. The summed E-state index contributed by atoms with van der Waals surface area (Å²) in [6.45, 7) is 1.51. The highest BCUT2D eigenvalue weighted by Gasteiger charge is 2.42. The van der Waals surface area contributed by atoms with Crippen molar-refractivity contribution >= 4 is 11.6 Å². The Kier molecular flexibility index (Phi) is 4.81. The minimum atomic E-state index is -4.82. The van der Waals surface area contributed by atoms with Gasteiger partial charge in [-0.25, -0.2) is 0 Å². The number of hydrogen-bond donors (Lipinski definition) is 2. The van der Waals surface area contributed by atoms with Crippen LogP contribution >= 0.6 is 0 Å². The number of anilines is 1. The first-order valence-corrected chi connectivity index (χ1v) is 8.25. The number of ether oxygens (including phenoxy) is 2. The van der Waals surface area contributed by atoms with E-state index in [1.54, 1.807) is 12.1 Å². The first-order valence-electron chi connectivity index (χ1n) is 8.25. The van der Waals surface area contributed by atoms with Crippen molar-refractivity contribution in [3.05, 3.63) is 53.6 Å². The molecule has 146 valence electrons. The summed E-state index contributed by atoms with van der Waals surface area (Å²) in [5, 5.41) is 12.2. The lowest BCUT2D eigenvalue weighted by atomic mass is 9.92. The zero-order valence-electron chi connectivity index (χ0n) is 14.7. The summed E-state index contributed by atoms with van der Waals surface area (Å²) in [5.41, 5.74) is 5.84. The minimum absolute atomic E-state index is 0.0750. The molecule has 0 fully saturated rings. The highest BCUT2D eigenvalue weighted by atomic mass is 19.4. The summed E-state index contributed by atoms with van der Waals surface area (Å²) in [4.78, 5) is 12.5. The summed E-state index contributed by atoms with van der Waals surface area (Å²) in [6.07, 6.45) is -5.11. The van der Waals surface area contributed by atoms with E-state index in [4.69, 9.17) is 10.5 Å². The Morgan fingerprint density at radius 3 is 2.54 bits per heavy atom. The fourth-order valence-corrected chi connectivity index (χ4v) is 2.91. The molecule has 2 atom stereocenters. The SMILES string of the molecule is CC(C#N)(NC(=O)c1ccc(OC(F)(F)F)cc1)C1Cc2cccc(N)c2O1. The van der Waals surface area contributed by atoms with E-state index < -0.39 is 29.7 Å². The average Bonchev–Trinajstić information content (AvgIpc) is 3.07. The van der Waals surface area contributed by atoms with E-state index in [0.717, 1.165) is 17.7 Å². The Labute approximate surface area is 158 Å². The van der Waals surface area contributed by atoms with Gasteiger partial charge in [-0.3, -0.25) is 4.79 Å². The first-order chi connectivity index (χ1) is 13.1. The number of benzene rings is 2. The molecular formula is C19H16F3N3O3. The number of nitrogen functional groups attached to an aromatic ring is 1. The van der Waals surface area contributed by atoms with Crippen LogP contribution < -0.4 is 20.5 Å². The topological polar surface area (TPSA) is 97.4 Å². The Bertz CT molecular complexity index is 938. The molecule has 28 heavy (non-hydrogen) atoms. The molecule has 0 aliphatic carbocycles. The Morgan fingerprint density at radius 1 is 1.29 bits per heavy atom. The van der Waals surface area contributed by atoms with Crippen LogP contribution in [0.3, 0.4) is 0 Å². The monoisotopic (exact) mass is 391 g/mol. The van der Waals surface area contributed by atoms with Crippen molar-refractivity contribution in [1.29, 1.82) is 5.26 Å². The van der Waals surface area contributed by atoms with Gasteiger partial charge in [0.2, 0.25) is 0 Å².